The molecule has 166 valence electrons. The second kappa shape index (κ2) is 10.1. The molecule has 28 heavy (non-hydrogen) atoms. The molecule has 2 heterocycles. The van der Waals surface area contributed by atoms with Gasteiger partial charge in [0.25, 0.3) is 0 Å². The highest BCUT2D eigenvalue weighted by molar-refractivity contribution is 8.54. The van der Waals surface area contributed by atoms with E-state index < -0.39 is 55.6 Å². The van der Waals surface area contributed by atoms with Crippen LogP contribution in [0.2, 0.25) is 0 Å². The van der Waals surface area contributed by atoms with Gasteiger partial charge in [0.2, 0.25) is 0 Å². The van der Waals surface area contributed by atoms with Gasteiger partial charge in [-0.15, -0.1) is 0 Å². The van der Waals surface area contributed by atoms with Crippen molar-refractivity contribution >= 4 is 18.2 Å². The lowest BCUT2D eigenvalue weighted by Crippen LogP contribution is -2.37. The van der Waals surface area contributed by atoms with E-state index in [-0.39, 0.29) is 11.9 Å². The van der Waals surface area contributed by atoms with Crippen LogP contribution in [0.4, 0.5) is 0 Å². The largest absolute Gasteiger partial charge is 0.388 e. The van der Waals surface area contributed by atoms with Crippen LogP contribution >= 0.6 is 18.2 Å². The number of rotatable bonds is 9. The first-order valence-electron chi connectivity index (χ1n) is 9.89. The number of ether oxygens (including phenoxy) is 3. The molecule has 3 unspecified atom stereocenters. The minimum absolute atomic E-state index is 0.109. The lowest BCUT2D eigenvalue weighted by molar-refractivity contribution is -0.0603. The van der Waals surface area contributed by atoms with Gasteiger partial charge in [-0.05, 0) is 51.4 Å². The minimum atomic E-state index is -4.08. The molecule has 2 aliphatic rings. The third-order valence-corrected chi connectivity index (χ3v) is 7.93. The van der Waals surface area contributed by atoms with E-state index >= 15 is 0 Å². The van der Waals surface area contributed by atoms with Crippen LogP contribution < -0.4 is 0 Å². The molecule has 2 saturated heterocycles. The van der Waals surface area contributed by atoms with Gasteiger partial charge in [-0.2, -0.15) is 0 Å². The first kappa shape index (κ1) is 24.6. The summed E-state index contributed by atoms with van der Waals surface area (Å²) in [4.78, 5) is 10.4. The van der Waals surface area contributed by atoms with Crippen molar-refractivity contribution in [3.63, 3.8) is 0 Å². The van der Waals surface area contributed by atoms with Crippen LogP contribution in [0.5, 0.6) is 0 Å². The number of aliphatic hydroxyl groups excluding tert-OH is 2. The van der Waals surface area contributed by atoms with Crippen molar-refractivity contribution in [3.05, 3.63) is 0 Å². The average Bonchev–Trinajstić information content (AvgIpc) is 2.97. The molecule has 0 radical (unpaired) electrons. The Kier molecular flexibility index (Phi) is 8.84. The molecule has 2 rings (SSSR count). The van der Waals surface area contributed by atoms with E-state index in [4.69, 9.17) is 18.7 Å². The predicted molar refractivity (Wildman–Crippen MR) is 107 cm³/mol. The molecule has 0 aromatic rings. The minimum Gasteiger partial charge on any atom is -0.388 e. The number of hydrogen-bond donors (Lipinski definition) is 3. The third-order valence-electron chi connectivity index (χ3n) is 4.94. The molecule has 8 nitrogen and oxygen atoms in total. The van der Waals surface area contributed by atoms with Crippen molar-refractivity contribution in [2.75, 3.05) is 5.75 Å². The van der Waals surface area contributed by atoms with Gasteiger partial charge in [-0.1, -0.05) is 13.8 Å². The van der Waals surface area contributed by atoms with Gasteiger partial charge in [-0.25, -0.2) is 4.57 Å². The smallest absolute Gasteiger partial charge is 0.387 e. The molecule has 2 fully saturated rings. The second-order valence-corrected chi connectivity index (χ2v) is 12.3. The van der Waals surface area contributed by atoms with E-state index in [2.05, 4.69) is 0 Å². The maximum atomic E-state index is 12.7. The van der Waals surface area contributed by atoms with E-state index in [0.29, 0.717) is 12.3 Å². The van der Waals surface area contributed by atoms with E-state index in [1.807, 2.05) is 27.7 Å². The molecule has 10 heteroatoms. The molecular weight excluding hydrogens is 407 g/mol. The van der Waals surface area contributed by atoms with Crippen LogP contribution in [0, 0.1) is 5.92 Å². The Morgan fingerprint density at radius 2 is 1.54 bits per heavy atom. The van der Waals surface area contributed by atoms with Gasteiger partial charge in [0.05, 0.1) is 30.5 Å². The quantitative estimate of drug-likeness (QED) is 0.463. The molecule has 0 spiro atoms. The van der Waals surface area contributed by atoms with Gasteiger partial charge >= 0.3 is 6.80 Å². The van der Waals surface area contributed by atoms with Crippen molar-refractivity contribution in [1.29, 1.82) is 0 Å². The van der Waals surface area contributed by atoms with Crippen molar-refractivity contribution in [3.8, 4) is 0 Å². The topological polar surface area (TPSA) is 115 Å². The summed E-state index contributed by atoms with van der Waals surface area (Å²) in [6.07, 6.45) is -4.54. The number of hydrogen-bond acceptors (Lipinski definition) is 8. The second-order valence-electron chi connectivity index (χ2n) is 8.35. The van der Waals surface area contributed by atoms with Crippen molar-refractivity contribution in [2.24, 2.45) is 5.92 Å². The standard InChI is InChI=1S/C18H35O8PS/c1-9(2)7-13-18(16(20)12(6)24-13)26-27(21,22)28-8-14-17(23-10(3)4)15(19)11(5)25-14/h9-20H,7-8H2,1-6H3,(H,21,22)/t11-,12-,13+,14+,15+,16+,17?,18?/m0/s1. The average molecular weight is 443 g/mol. The Morgan fingerprint density at radius 3 is 2.07 bits per heavy atom. The van der Waals surface area contributed by atoms with E-state index in [9.17, 15) is 19.7 Å². The zero-order chi connectivity index (χ0) is 21.2. The Bertz CT molecular complexity index is 546. The van der Waals surface area contributed by atoms with E-state index in [1.165, 1.54) is 0 Å². The Balaban J connectivity index is 1.98. The summed E-state index contributed by atoms with van der Waals surface area (Å²) >= 11 is 0.728. The summed E-state index contributed by atoms with van der Waals surface area (Å²) in [5.74, 6) is 0.420. The third kappa shape index (κ3) is 6.40. The summed E-state index contributed by atoms with van der Waals surface area (Å²) in [5.41, 5.74) is 0. The molecular formula is C18H35O8PS. The Labute approximate surface area is 171 Å². The fourth-order valence-electron chi connectivity index (χ4n) is 3.59. The Morgan fingerprint density at radius 1 is 1.00 bits per heavy atom. The summed E-state index contributed by atoms with van der Waals surface area (Å²) in [6.45, 7) is 7.13. The van der Waals surface area contributed by atoms with Crippen LogP contribution in [0.1, 0.15) is 48.0 Å². The molecule has 0 aromatic heterocycles. The normalized spacial score (nSPS) is 41.1. The van der Waals surface area contributed by atoms with Crippen LogP contribution in [0.3, 0.4) is 0 Å². The van der Waals surface area contributed by atoms with Crippen molar-refractivity contribution < 1.29 is 38.4 Å². The summed E-state index contributed by atoms with van der Waals surface area (Å²) in [7, 11) is 0. The van der Waals surface area contributed by atoms with Crippen LogP contribution in [0.25, 0.3) is 0 Å². The maximum Gasteiger partial charge on any atom is 0.387 e. The van der Waals surface area contributed by atoms with Crippen molar-refractivity contribution in [1.82, 2.24) is 0 Å². The Hall–Kier alpha value is 0.300. The van der Waals surface area contributed by atoms with E-state index in [1.54, 1.807) is 13.8 Å². The highest BCUT2D eigenvalue weighted by atomic mass is 32.7. The predicted octanol–water partition coefficient (Wildman–Crippen LogP) is 2.34. The fourth-order valence-corrected chi connectivity index (χ4v) is 6.31. The molecule has 0 aliphatic carbocycles. The monoisotopic (exact) mass is 442 g/mol. The first-order valence-corrected chi connectivity index (χ1v) is 13.1. The lowest BCUT2D eigenvalue weighted by Gasteiger charge is -2.26. The van der Waals surface area contributed by atoms with Gasteiger partial charge in [0.15, 0.2) is 0 Å². The molecule has 0 saturated carbocycles. The SMILES string of the molecule is CC(C)C[C@H]1O[C@@H](C)[C@@H](O)C1OP(=O)(O)SC[C@H]1O[C@@H](C)[C@@H](O)C1OC(C)C. The van der Waals surface area contributed by atoms with E-state index in [0.717, 1.165) is 11.4 Å². The van der Waals surface area contributed by atoms with Gasteiger partial charge < -0.3 is 29.3 Å². The summed E-state index contributed by atoms with van der Waals surface area (Å²) in [5, 5.41) is 20.6. The fraction of sp³-hybridized carbons (Fsp3) is 1.00. The molecule has 9 atom stereocenters. The molecule has 3 N–H and O–H groups in total. The van der Waals surface area contributed by atoms with Gasteiger partial charge in [0, 0.05) is 5.75 Å². The zero-order valence-electron chi connectivity index (χ0n) is 17.4. The summed E-state index contributed by atoms with van der Waals surface area (Å²) < 4.78 is 35.3. The van der Waals surface area contributed by atoms with Crippen LogP contribution in [0.15, 0.2) is 0 Å². The molecule has 0 bridgehead atoms. The lowest BCUT2D eigenvalue weighted by atomic mass is 10.00. The van der Waals surface area contributed by atoms with Gasteiger partial charge in [0.1, 0.15) is 24.4 Å². The molecule has 0 amide bonds. The van der Waals surface area contributed by atoms with Crippen LogP contribution in [-0.4, -0.2) is 75.8 Å². The van der Waals surface area contributed by atoms with Crippen molar-refractivity contribution in [2.45, 2.75) is 103 Å². The molecule has 0 aromatic carbocycles. The maximum absolute atomic E-state index is 12.7. The van der Waals surface area contributed by atoms with Gasteiger partial charge in [-0.3, -0.25) is 4.52 Å². The molecule has 2 aliphatic heterocycles. The first-order chi connectivity index (χ1) is 12.9. The van der Waals surface area contributed by atoms with Crippen LogP contribution in [-0.2, 0) is 23.3 Å². The zero-order valence-corrected chi connectivity index (χ0v) is 19.1. The highest BCUT2D eigenvalue weighted by Crippen LogP contribution is 2.58. The number of aliphatic hydroxyl groups is 2. The highest BCUT2D eigenvalue weighted by Gasteiger charge is 2.47. The summed E-state index contributed by atoms with van der Waals surface area (Å²) in [6, 6.07) is 0.